The van der Waals surface area contributed by atoms with Crippen molar-refractivity contribution in [2.24, 2.45) is 0 Å². The molecule has 0 bridgehead atoms. The molecule has 5 heteroatoms. The minimum absolute atomic E-state index is 0.149. The summed E-state index contributed by atoms with van der Waals surface area (Å²) in [7, 11) is 1.65. The van der Waals surface area contributed by atoms with E-state index in [-0.39, 0.29) is 18.3 Å². The fourth-order valence-corrected chi connectivity index (χ4v) is 1.81. The van der Waals surface area contributed by atoms with Gasteiger partial charge in [-0.2, -0.15) is 0 Å². The van der Waals surface area contributed by atoms with Crippen molar-refractivity contribution in [2.75, 3.05) is 20.2 Å². The molecule has 1 aromatic rings. The van der Waals surface area contributed by atoms with Gasteiger partial charge in [0.1, 0.15) is 0 Å². The lowest BCUT2D eigenvalue weighted by Gasteiger charge is -2.18. The van der Waals surface area contributed by atoms with Crippen LogP contribution >= 0.6 is 11.6 Å². The zero-order valence-electron chi connectivity index (χ0n) is 11.4. The highest BCUT2D eigenvalue weighted by atomic mass is 35.5. The van der Waals surface area contributed by atoms with Crippen LogP contribution < -0.4 is 0 Å². The van der Waals surface area contributed by atoms with Gasteiger partial charge in [0.05, 0.1) is 13.0 Å². The number of carbonyl (C=O) groups excluding carboxylic acids is 2. The minimum atomic E-state index is -0.301. The number of esters is 1. The fraction of sp³-hybridized carbons (Fsp3) is 0.429. The average molecular weight is 284 g/mol. The first-order valence-electron chi connectivity index (χ1n) is 6.13. The average Bonchev–Trinajstić information content (AvgIpc) is 2.38. The Hall–Kier alpha value is -1.55. The molecule has 0 aliphatic carbocycles. The monoisotopic (exact) mass is 283 g/mol. The quantitative estimate of drug-likeness (QED) is 0.781. The summed E-state index contributed by atoms with van der Waals surface area (Å²) in [5, 5.41) is 0.560. The standard InChI is InChI=1S/C14H18ClNO3/c1-4-19-13(17)8-9-16(3)14(18)11-6-5-7-12(15)10(11)2/h5-7H,4,8-9H2,1-3H3. The van der Waals surface area contributed by atoms with E-state index in [2.05, 4.69) is 0 Å². The third-order valence-corrected chi connectivity index (χ3v) is 3.21. The van der Waals surface area contributed by atoms with Crippen LogP contribution in [-0.2, 0) is 9.53 Å². The van der Waals surface area contributed by atoms with Gasteiger partial charge in [0.15, 0.2) is 0 Å². The fourth-order valence-electron chi connectivity index (χ4n) is 1.64. The van der Waals surface area contributed by atoms with Gasteiger partial charge in [0.25, 0.3) is 5.91 Å². The molecule has 0 aromatic heterocycles. The summed E-state index contributed by atoms with van der Waals surface area (Å²) in [6.45, 7) is 4.23. The lowest BCUT2D eigenvalue weighted by molar-refractivity contribution is -0.143. The van der Waals surface area contributed by atoms with Crippen molar-refractivity contribution in [3.05, 3.63) is 34.3 Å². The van der Waals surface area contributed by atoms with Crippen molar-refractivity contribution in [3.8, 4) is 0 Å². The number of rotatable bonds is 5. The molecular weight excluding hydrogens is 266 g/mol. The predicted molar refractivity (Wildman–Crippen MR) is 74.4 cm³/mol. The van der Waals surface area contributed by atoms with Gasteiger partial charge in [-0.25, -0.2) is 0 Å². The van der Waals surface area contributed by atoms with Gasteiger partial charge in [-0.15, -0.1) is 0 Å². The van der Waals surface area contributed by atoms with Crippen LogP contribution in [0.1, 0.15) is 29.3 Å². The van der Waals surface area contributed by atoms with Crippen molar-refractivity contribution in [2.45, 2.75) is 20.3 Å². The Morgan fingerprint density at radius 2 is 2.05 bits per heavy atom. The van der Waals surface area contributed by atoms with Gasteiger partial charge in [-0.1, -0.05) is 17.7 Å². The Morgan fingerprint density at radius 3 is 2.68 bits per heavy atom. The molecule has 0 N–H and O–H groups in total. The smallest absolute Gasteiger partial charge is 0.307 e. The van der Waals surface area contributed by atoms with Crippen LogP contribution in [-0.4, -0.2) is 37.0 Å². The Morgan fingerprint density at radius 1 is 1.37 bits per heavy atom. The molecule has 0 atom stereocenters. The molecule has 4 nitrogen and oxygen atoms in total. The molecule has 0 heterocycles. The van der Waals surface area contributed by atoms with Gasteiger partial charge in [-0.3, -0.25) is 9.59 Å². The first kappa shape index (κ1) is 15.5. The minimum Gasteiger partial charge on any atom is -0.466 e. The van der Waals surface area contributed by atoms with Gasteiger partial charge < -0.3 is 9.64 Å². The summed E-state index contributed by atoms with van der Waals surface area (Å²) in [4.78, 5) is 24.9. The SMILES string of the molecule is CCOC(=O)CCN(C)C(=O)c1cccc(Cl)c1C. The number of hydrogen-bond donors (Lipinski definition) is 0. The molecule has 0 aliphatic rings. The van der Waals surface area contributed by atoms with Crippen LogP contribution in [0.4, 0.5) is 0 Å². The second-order valence-corrected chi connectivity index (χ2v) is 4.60. The number of carbonyl (C=O) groups is 2. The summed E-state index contributed by atoms with van der Waals surface area (Å²) < 4.78 is 4.82. The van der Waals surface area contributed by atoms with Crippen molar-refractivity contribution < 1.29 is 14.3 Å². The van der Waals surface area contributed by atoms with Crippen molar-refractivity contribution in [3.63, 3.8) is 0 Å². The molecule has 0 saturated carbocycles. The van der Waals surface area contributed by atoms with E-state index in [1.165, 1.54) is 4.90 Å². The van der Waals surface area contributed by atoms with E-state index in [1.807, 2.05) is 0 Å². The van der Waals surface area contributed by atoms with E-state index in [4.69, 9.17) is 16.3 Å². The molecule has 1 amide bonds. The number of ether oxygens (including phenoxy) is 1. The molecule has 0 saturated heterocycles. The Labute approximate surface area is 118 Å². The molecule has 0 radical (unpaired) electrons. The normalized spacial score (nSPS) is 10.1. The van der Waals surface area contributed by atoms with Gasteiger partial charge >= 0.3 is 5.97 Å². The van der Waals surface area contributed by atoms with Gasteiger partial charge in [-0.05, 0) is 31.5 Å². The number of hydrogen-bond acceptors (Lipinski definition) is 3. The van der Waals surface area contributed by atoms with Crippen LogP contribution in [0.3, 0.4) is 0 Å². The molecule has 104 valence electrons. The molecule has 1 aromatic carbocycles. The van der Waals surface area contributed by atoms with Crippen molar-refractivity contribution >= 4 is 23.5 Å². The van der Waals surface area contributed by atoms with Crippen LogP contribution in [0.5, 0.6) is 0 Å². The lowest BCUT2D eigenvalue weighted by atomic mass is 10.1. The Bertz CT molecular complexity index is 474. The van der Waals surface area contributed by atoms with Crippen LogP contribution in [0.15, 0.2) is 18.2 Å². The maximum Gasteiger partial charge on any atom is 0.307 e. The van der Waals surface area contributed by atoms with Gasteiger partial charge in [0, 0.05) is 24.2 Å². The van der Waals surface area contributed by atoms with Crippen LogP contribution in [0.2, 0.25) is 5.02 Å². The van der Waals surface area contributed by atoms with E-state index >= 15 is 0 Å². The molecule has 1 rings (SSSR count). The summed E-state index contributed by atoms with van der Waals surface area (Å²) in [6, 6.07) is 5.21. The molecule has 0 spiro atoms. The van der Waals surface area contributed by atoms with Crippen LogP contribution in [0.25, 0.3) is 0 Å². The summed E-state index contributed by atoms with van der Waals surface area (Å²) >= 11 is 5.99. The third kappa shape index (κ3) is 4.24. The van der Waals surface area contributed by atoms with Crippen molar-refractivity contribution in [1.29, 1.82) is 0 Å². The third-order valence-electron chi connectivity index (χ3n) is 2.80. The van der Waals surface area contributed by atoms with Crippen molar-refractivity contribution in [1.82, 2.24) is 4.90 Å². The van der Waals surface area contributed by atoms with E-state index in [1.54, 1.807) is 39.1 Å². The zero-order valence-corrected chi connectivity index (χ0v) is 12.2. The summed E-state index contributed by atoms with van der Waals surface area (Å²) in [6.07, 6.45) is 0.190. The number of halogens is 1. The highest BCUT2D eigenvalue weighted by Crippen LogP contribution is 2.19. The number of amides is 1. The second-order valence-electron chi connectivity index (χ2n) is 4.19. The Kier molecular flexibility index (Phi) is 5.83. The topological polar surface area (TPSA) is 46.6 Å². The van der Waals surface area contributed by atoms with Gasteiger partial charge in [0.2, 0.25) is 0 Å². The summed E-state index contributed by atoms with van der Waals surface area (Å²) in [5.41, 5.74) is 1.30. The molecule has 0 aliphatic heterocycles. The van der Waals surface area contributed by atoms with E-state index < -0.39 is 0 Å². The number of benzene rings is 1. The van der Waals surface area contributed by atoms with Crippen LogP contribution in [0, 0.1) is 6.92 Å². The Balaban J connectivity index is 2.67. The molecule has 19 heavy (non-hydrogen) atoms. The lowest BCUT2D eigenvalue weighted by Crippen LogP contribution is -2.30. The maximum atomic E-state index is 12.2. The molecular formula is C14H18ClNO3. The number of nitrogens with zero attached hydrogens (tertiary/aromatic N) is 1. The first-order valence-corrected chi connectivity index (χ1v) is 6.51. The van der Waals surface area contributed by atoms with E-state index in [9.17, 15) is 9.59 Å². The first-order chi connectivity index (χ1) is 8.97. The molecule has 0 unspecified atom stereocenters. The highest BCUT2D eigenvalue weighted by molar-refractivity contribution is 6.31. The highest BCUT2D eigenvalue weighted by Gasteiger charge is 2.16. The predicted octanol–water partition coefficient (Wildman–Crippen LogP) is 2.67. The van der Waals surface area contributed by atoms with E-state index in [0.29, 0.717) is 23.7 Å². The van der Waals surface area contributed by atoms with E-state index in [0.717, 1.165) is 5.56 Å². The summed E-state index contributed by atoms with van der Waals surface area (Å²) in [5.74, 6) is -0.450. The maximum absolute atomic E-state index is 12.2. The second kappa shape index (κ2) is 7.14. The largest absolute Gasteiger partial charge is 0.466 e. The molecule has 0 fully saturated rings. The zero-order chi connectivity index (χ0) is 14.4.